The van der Waals surface area contributed by atoms with E-state index in [0.29, 0.717) is 8.67 Å². The van der Waals surface area contributed by atoms with E-state index in [1.54, 1.807) is 0 Å². The molecule has 1 heterocycles. The van der Waals surface area contributed by atoms with Crippen LogP contribution in [0.25, 0.3) is 0 Å². The maximum atomic E-state index is 6.10. The molecular formula is C12H11Cl2NS. The fourth-order valence-electron chi connectivity index (χ4n) is 1.58. The van der Waals surface area contributed by atoms with E-state index in [4.69, 9.17) is 28.9 Å². The summed E-state index contributed by atoms with van der Waals surface area (Å²) in [6.45, 7) is 0. The van der Waals surface area contributed by atoms with Gasteiger partial charge in [0.2, 0.25) is 0 Å². The van der Waals surface area contributed by atoms with Gasteiger partial charge in [-0.25, -0.2) is 0 Å². The third-order valence-corrected chi connectivity index (χ3v) is 3.90. The van der Waals surface area contributed by atoms with E-state index in [9.17, 15) is 0 Å². The summed E-state index contributed by atoms with van der Waals surface area (Å²) in [4.78, 5) is 0. The second kappa shape index (κ2) is 5.19. The van der Waals surface area contributed by atoms with Crippen LogP contribution in [0.5, 0.6) is 0 Å². The normalized spacial score (nSPS) is 12.7. The zero-order valence-electron chi connectivity index (χ0n) is 8.49. The predicted molar refractivity (Wildman–Crippen MR) is 71.4 cm³/mol. The average Bonchev–Trinajstić information content (AvgIpc) is 2.59. The molecule has 0 fully saturated rings. The van der Waals surface area contributed by atoms with Crippen LogP contribution in [0, 0.1) is 0 Å². The molecule has 2 N–H and O–H groups in total. The quantitative estimate of drug-likeness (QED) is 0.885. The van der Waals surface area contributed by atoms with Gasteiger partial charge >= 0.3 is 0 Å². The maximum absolute atomic E-state index is 6.10. The number of hydrogen-bond acceptors (Lipinski definition) is 2. The van der Waals surface area contributed by atoms with Gasteiger partial charge in [-0.2, -0.15) is 0 Å². The molecular weight excluding hydrogens is 261 g/mol. The summed E-state index contributed by atoms with van der Waals surface area (Å²) in [5.41, 5.74) is 8.24. The molecule has 0 aliphatic heterocycles. The predicted octanol–water partition coefficient (Wildman–Crippen LogP) is 4.30. The van der Waals surface area contributed by atoms with Crippen LogP contribution < -0.4 is 5.73 Å². The molecule has 0 radical (unpaired) electrons. The molecule has 1 atom stereocenters. The molecule has 0 saturated carbocycles. The number of nitrogens with two attached hydrogens (primary N) is 1. The van der Waals surface area contributed by atoms with E-state index in [2.05, 4.69) is 12.1 Å². The number of halogens is 2. The minimum Gasteiger partial charge on any atom is -0.324 e. The Bertz CT molecular complexity index is 467. The van der Waals surface area contributed by atoms with Crippen LogP contribution in [-0.2, 0) is 6.42 Å². The molecule has 0 saturated heterocycles. The lowest BCUT2D eigenvalue weighted by Gasteiger charge is -2.10. The second-order valence-corrected chi connectivity index (χ2v) is 5.86. The topological polar surface area (TPSA) is 26.0 Å². The smallest absolute Gasteiger partial charge is 0.0992 e. The van der Waals surface area contributed by atoms with Crippen molar-refractivity contribution in [2.45, 2.75) is 12.5 Å². The van der Waals surface area contributed by atoms with Crippen molar-refractivity contribution in [3.8, 4) is 0 Å². The fraction of sp³-hybridized carbons (Fsp3) is 0.167. The summed E-state index contributed by atoms with van der Waals surface area (Å²) in [7, 11) is 0. The molecule has 1 unspecified atom stereocenters. The molecule has 16 heavy (non-hydrogen) atoms. The molecule has 0 amide bonds. The Labute approximate surface area is 109 Å². The highest BCUT2D eigenvalue weighted by Gasteiger charge is 2.14. The molecule has 0 aliphatic carbocycles. The van der Waals surface area contributed by atoms with Crippen molar-refractivity contribution >= 4 is 34.5 Å². The molecule has 1 aromatic carbocycles. The van der Waals surface area contributed by atoms with Crippen LogP contribution in [0.15, 0.2) is 36.4 Å². The van der Waals surface area contributed by atoms with Crippen molar-refractivity contribution in [1.29, 1.82) is 0 Å². The molecule has 2 rings (SSSR count). The molecule has 4 heteroatoms. The first-order valence-electron chi connectivity index (χ1n) is 4.91. The Morgan fingerprint density at radius 2 is 1.88 bits per heavy atom. The average molecular weight is 272 g/mol. The van der Waals surface area contributed by atoms with Crippen LogP contribution in [0.1, 0.15) is 17.2 Å². The minimum absolute atomic E-state index is 0.0985. The fourth-order valence-corrected chi connectivity index (χ4v) is 3.18. The Kier molecular flexibility index (Phi) is 3.87. The van der Waals surface area contributed by atoms with Gasteiger partial charge in [0.25, 0.3) is 0 Å². The zero-order chi connectivity index (χ0) is 11.5. The second-order valence-electron chi connectivity index (χ2n) is 3.58. The first-order chi connectivity index (χ1) is 7.66. The highest BCUT2D eigenvalue weighted by Crippen LogP contribution is 2.35. The first kappa shape index (κ1) is 11.9. The van der Waals surface area contributed by atoms with E-state index < -0.39 is 0 Å². The molecule has 1 nitrogen and oxygen atoms in total. The van der Waals surface area contributed by atoms with Gasteiger partial charge < -0.3 is 5.73 Å². The van der Waals surface area contributed by atoms with Gasteiger partial charge in [-0.1, -0.05) is 53.5 Å². The first-order valence-corrected chi connectivity index (χ1v) is 6.48. The highest BCUT2D eigenvalue weighted by atomic mass is 35.5. The summed E-state index contributed by atoms with van der Waals surface area (Å²) in [5.74, 6) is 0. The minimum atomic E-state index is -0.0985. The Morgan fingerprint density at radius 1 is 1.19 bits per heavy atom. The largest absolute Gasteiger partial charge is 0.324 e. The third kappa shape index (κ3) is 2.77. The Balaban J connectivity index is 2.14. The van der Waals surface area contributed by atoms with Gasteiger partial charge in [-0.15, -0.1) is 11.3 Å². The van der Waals surface area contributed by atoms with Crippen molar-refractivity contribution in [2.24, 2.45) is 5.73 Å². The standard InChI is InChI=1S/C12H11Cl2NS/c13-11-7-9(12(14)16-11)10(15)6-8-4-2-1-3-5-8/h1-5,7,10H,6,15H2. The molecule has 1 aromatic heterocycles. The van der Waals surface area contributed by atoms with Crippen molar-refractivity contribution < 1.29 is 0 Å². The lowest BCUT2D eigenvalue weighted by atomic mass is 10.0. The van der Waals surface area contributed by atoms with Crippen molar-refractivity contribution in [1.82, 2.24) is 0 Å². The molecule has 0 bridgehead atoms. The van der Waals surface area contributed by atoms with E-state index in [1.165, 1.54) is 16.9 Å². The van der Waals surface area contributed by atoms with Gasteiger partial charge in [0.15, 0.2) is 0 Å². The Hall–Kier alpha value is -0.540. The lowest BCUT2D eigenvalue weighted by Crippen LogP contribution is -2.12. The van der Waals surface area contributed by atoms with Gasteiger partial charge in [-0.3, -0.25) is 0 Å². The van der Waals surface area contributed by atoms with Gasteiger partial charge in [0.1, 0.15) is 0 Å². The van der Waals surface area contributed by atoms with E-state index in [1.807, 2.05) is 24.3 Å². The number of hydrogen-bond donors (Lipinski definition) is 1. The van der Waals surface area contributed by atoms with Crippen LogP contribution >= 0.6 is 34.5 Å². The van der Waals surface area contributed by atoms with Gasteiger partial charge in [0, 0.05) is 11.6 Å². The van der Waals surface area contributed by atoms with Crippen LogP contribution in [0.4, 0.5) is 0 Å². The Morgan fingerprint density at radius 3 is 2.44 bits per heavy atom. The van der Waals surface area contributed by atoms with Gasteiger partial charge in [0.05, 0.1) is 8.67 Å². The summed E-state index contributed by atoms with van der Waals surface area (Å²) in [5, 5.41) is 0. The highest BCUT2D eigenvalue weighted by molar-refractivity contribution is 7.20. The summed E-state index contributed by atoms with van der Waals surface area (Å²) in [6.07, 6.45) is 0.771. The monoisotopic (exact) mass is 271 g/mol. The van der Waals surface area contributed by atoms with E-state index >= 15 is 0 Å². The van der Waals surface area contributed by atoms with Gasteiger partial charge in [-0.05, 0) is 18.1 Å². The maximum Gasteiger partial charge on any atom is 0.0992 e. The SMILES string of the molecule is NC(Cc1ccccc1)c1cc(Cl)sc1Cl. The third-order valence-electron chi connectivity index (χ3n) is 2.38. The summed E-state index contributed by atoms with van der Waals surface area (Å²) in [6, 6.07) is 11.9. The molecule has 0 aliphatic rings. The molecule has 0 spiro atoms. The number of benzene rings is 1. The number of thiophene rings is 1. The summed E-state index contributed by atoms with van der Waals surface area (Å²) < 4.78 is 1.37. The van der Waals surface area contributed by atoms with Crippen LogP contribution in [0.2, 0.25) is 8.67 Å². The van der Waals surface area contributed by atoms with E-state index in [0.717, 1.165) is 12.0 Å². The summed E-state index contributed by atoms with van der Waals surface area (Å²) >= 11 is 13.3. The zero-order valence-corrected chi connectivity index (χ0v) is 10.8. The van der Waals surface area contributed by atoms with Crippen LogP contribution in [-0.4, -0.2) is 0 Å². The van der Waals surface area contributed by atoms with Crippen LogP contribution in [0.3, 0.4) is 0 Å². The van der Waals surface area contributed by atoms with E-state index in [-0.39, 0.29) is 6.04 Å². The lowest BCUT2D eigenvalue weighted by molar-refractivity contribution is 0.725. The van der Waals surface area contributed by atoms with Crippen molar-refractivity contribution in [3.05, 3.63) is 56.2 Å². The number of rotatable bonds is 3. The van der Waals surface area contributed by atoms with Crippen molar-refractivity contribution in [2.75, 3.05) is 0 Å². The molecule has 2 aromatic rings. The molecule has 84 valence electrons. The van der Waals surface area contributed by atoms with Crippen molar-refractivity contribution in [3.63, 3.8) is 0 Å².